The van der Waals surface area contributed by atoms with Crippen LogP contribution >= 0.6 is 0 Å². The normalized spacial score (nSPS) is 14.2. The number of aryl methyl sites for hydroxylation is 2. The second kappa shape index (κ2) is 8.84. The molecule has 31 heavy (non-hydrogen) atoms. The van der Waals surface area contributed by atoms with E-state index in [4.69, 9.17) is 4.42 Å². The van der Waals surface area contributed by atoms with Crippen molar-refractivity contribution < 1.29 is 14.0 Å². The number of aromatic nitrogens is 1. The van der Waals surface area contributed by atoms with E-state index in [0.717, 1.165) is 29.1 Å². The molecule has 6 nitrogen and oxygen atoms in total. The Kier molecular flexibility index (Phi) is 5.98. The van der Waals surface area contributed by atoms with Crippen molar-refractivity contribution in [3.8, 4) is 0 Å². The van der Waals surface area contributed by atoms with Crippen LogP contribution in [0.2, 0.25) is 0 Å². The summed E-state index contributed by atoms with van der Waals surface area (Å²) in [6.45, 7) is 8.87. The van der Waals surface area contributed by atoms with Gasteiger partial charge in [0.1, 0.15) is 5.76 Å². The molecule has 1 aliphatic heterocycles. The zero-order chi connectivity index (χ0) is 22.0. The minimum absolute atomic E-state index is 0.0261. The third-order valence-electron chi connectivity index (χ3n) is 6.16. The molecule has 0 unspecified atom stereocenters. The molecule has 0 N–H and O–H groups in total. The molecule has 4 rings (SSSR count). The van der Waals surface area contributed by atoms with Crippen LogP contribution in [0.15, 0.2) is 53.1 Å². The maximum Gasteiger partial charge on any atom is 0.255 e. The average Bonchev–Trinajstić information content (AvgIpc) is 3.42. The molecule has 1 aliphatic rings. The molecule has 3 heterocycles. The van der Waals surface area contributed by atoms with Gasteiger partial charge >= 0.3 is 0 Å². The summed E-state index contributed by atoms with van der Waals surface area (Å²) in [7, 11) is 0. The first-order valence-electron chi connectivity index (χ1n) is 10.8. The Bertz CT molecular complexity index is 1060. The number of carbonyl (C=O) groups is 2. The summed E-state index contributed by atoms with van der Waals surface area (Å²) in [5.74, 6) is 0.921. The molecule has 1 saturated heterocycles. The Balaban J connectivity index is 1.40. The van der Waals surface area contributed by atoms with Crippen LogP contribution < -0.4 is 0 Å². The van der Waals surface area contributed by atoms with Gasteiger partial charge in [0.15, 0.2) is 0 Å². The second-order valence-corrected chi connectivity index (χ2v) is 8.09. The molecule has 2 amide bonds. The number of carbonyl (C=O) groups excluding carboxylic acids is 2. The molecule has 1 fully saturated rings. The quantitative estimate of drug-likeness (QED) is 0.630. The number of hydrogen-bond donors (Lipinski definition) is 0. The fourth-order valence-electron chi connectivity index (χ4n) is 4.17. The summed E-state index contributed by atoms with van der Waals surface area (Å²) >= 11 is 0. The Morgan fingerprint density at radius 2 is 1.58 bits per heavy atom. The average molecular weight is 420 g/mol. The molecule has 1 aromatic carbocycles. The van der Waals surface area contributed by atoms with Crippen molar-refractivity contribution in [2.24, 2.45) is 0 Å². The molecule has 0 spiro atoms. The van der Waals surface area contributed by atoms with Gasteiger partial charge in [-0.15, -0.1) is 0 Å². The van der Waals surface area contributed by atoms with Crippen LogP contribution in [-0.4, -0.2) is 52.4 Å². The first-order valence-corrected chi connectivity index (χ1v) is 10.8. The summed E-state index contributed by atoms with van der Waals surface area (Å²) in [6, 6.07) is 13.6. The summed E-state index contributed by atoms with van der Waals surface area (Å²) in [5.41, 5.74) is 4.61. The van der Waals surface area contributed by atoms with Crippen molar-refractivity contribution in [3.63, 3.8) is 0 Å². The van der Waals surface area contributed by atoms with Crippen molar-refractivity contribution in [2.75, 3.05) is 26.2 Å². The van der Waals surface area contributed by atoms with Gasteiger partial charge in [0, 0.05) is 43.1 Å². The molecule has 2 aromatic heterocycles. The highest BCUT2D eigenvalue weighted by atomic mass is 16.3. The van der Waals surface area contributed by atoms with Gasteiger partial charge in [-0.2, -0.15) is 0 Å². The monoisotopic (exact) mass is 419 g/mol. The third-order valence-corrected chi connectivity index (χ3v) is 6.16. The van der Waals surface area contributed by atoms with E-state index in [2.05, 4.69) is 11.5 Å². The summed E-state index contributed by atoms with van der Waals surface area (Å²) in [5, 5.41) is 0. The molecule has 0 atom stereocenters. The molecular formula is C25H29N3O3. The Morgan fingerprint density at radius 3 is 2.16 bits per heavy atom. The lowest BCUT2D eigenvalue weighted by atomic mass is 10.1. The number of furan rings is 1. The van der Waals surface area contributed by atoms with Gasteiger partial charge in [-0.25, -0.2) is 0 Å². The highest BCUT2D eigenvalue weighted by molar-refractivity contribution is 5.97. The molecule has 0 aliphatic carbocycles. The van der Waals surface area contributed by atoms with Crippen molar-refractivity contribution >= 4 is 11.8 Å². The van der Waals surface area contributed by atoms with E-state index >= 15 is 0 Å². The highest BCUT2D eigenvalue weighted by Crippen LogP contribution is 2.20. The number of rotatable bonds is 5. The molecule has 162 valence electrons. The summed E-state index contributed by atoms with van der Waals surface area (Å²) in [4.78, 5) is 29.7. The third kappa shape index (κ3) is 4.29. The Morgan fingerprint density at radius 1 is 0.935 bits per heavy atom. The van der Waals surface area contributed by atoms with Crippen LogP contribution in [0.4, 0.5) is 0 Å². The number of benzene rings is 1. The van der Waals surface area contributed by atoms with E-state index < -0.39 is 0 Å². The Hall–Kier alpha value is -3.28. The maximum atomic E-state index is 13.2. The molecule has 0 bridgehead atoms. The highest BCUT2D eigenvalue weighted by Gasteiger charge is 2.27. The smallest absolute Gasteiger partial charge is 0.255 e. The molecule has 0 saturated carbocycles. The predicted molar refractivity (Wildman–Crippen MR) is 119 cm³/mol. The van der Waals surface area contributed by atoms with E-state index in [9.17, 15) is 9.59 Å². The number of piperazine rings is 1. The molecule has 0 radical (unpaired) electrons. The van der Waals surface area contributed by atoms with Crippen LogP contribution in [0.5, 0.6) is 0 Å². The minimum Gasteiger partial charge on any atom is -0.467 e. The van der Waals surface area contributed by atoms with Crippen molar-refractivity contribution in [2.45, 2.75) is 33.7 Å². The van der Waals surface area contributed by atoms with E-state index in [1.807, 2.05) is 66.1 Å². The lowest BCUT2D eigenvalue weighted by Crippen LogP contribution is -2.50. The first-order chi connectivity index (χ1) is 15.0. The van der Waals surface area contributed by atoms with E-state index in [0.29, 0.717) is 38.3 Å². The topological polar surface area (TPSA) is 58.7 Å². The van der Waals surface area contributed by atoms with Crippen molar-refractivity contribution in [1.29, 1.82) is 0 Å². The van der Waals surface area contributed by atoms with Crippen LogP contribution in [0.1, 0.15) is 50.4 Å². The fourth-order valence-corrected chi connectivity index (χ4v) is 4.17. The van der Waals surface area contributed by atoms with Crippen LogP contribution in [-0.2, 0) is 13.0 Å². The molecule has 3 aromatic rings. The van der Waals surface area contributed by atoms with Gasteiger partial charge in [0.25, 0.3) is 11.8 Å². The summed E-state index contributed by atoms with van der Waals surface area (Å²) in [6.07, 6.45) is 2.62. The predicted octanol–water partition coefficient (Wildman–Crippen LogP) is 3.91. The Labute approximate surface area is 183 Å². The largest absolute Gasteiger partial charge is 0.467 e. The SMILES string of the molecule is CCc1ccc(C(=O)N2CCN(C(=O)c3cc(C)n(Cc4ccco4)c3C)CC2)cc1. The van der Waals surface area contributed by atoms with Crippen LogP contribution in [0.3, 0.4) is 0 Å². The van der Waals surface area contributed by atoms with Gasteiger partial charge in [-0.05, 0) is 56.2 Å². The zero-order valence-electron chi connectivity index (χ0n) is 18.4. The zero-order valence-corrected chi connectivity index (χ0v) is 18.4. The van der Waals surface area contributed by atoms with E-state index in [1.165, 1.54) is 5.56 Å². The fraction of sp³-hybridized carbons (Fsp3) is 0.360. The van der Waals surface area contributed by atoms with Gasteiger partial charge < -0.3 is 18.8 Å². The van der Waals surface area contributed by atoms with Gasteiger partial charge in [0.2, 0.25) is 0 Å². The van der Waals surface area contributed by atoms with Gasteiger partial charge in [-0.3, -0.25) is 9.59 Å². The number of amides is 2. The first kappa shape index (κ1) is 21.0. The summed E-state index contributed by atoms with van der Waals surface area (Å²) < 4.78 is 7.57. The number of nitrogens with zero attached hydrogens (tertiary/aromatic N) is 3. The van der Waals surface area contributed by atoms with Gasteiger partial charge in [0.05, 0.1) is 18.4 Å². The lowest BCUT2D eigenvalue weighted by Gasteiger charge is -2.35. The van der Waals surface area contributed by atoms with Crippen LogP contribution in [0.25, 0.3) is 0 Å². The van der Waals surface area contributed by atoms with Crippen LogP contribution in [0, 0.1) is 13.8 Å². The van der Waals surface area contributed by atoms with E-state index in [1.54, 1.807) is 6.26 Å². The standard InChI is InChI=1S/C25H29N3O3/c1-4-20-7-9-21(10-8-20)24(29)26-11-13-27(14-12-26)25(30)23-16-18(2)28(19(23)3)17-22-6-5-15-31-22/h5-10,15-16H,4,11-14,17H2,1-3H3. The lowest BCUT2D eigenvalue weighted by molar-refractivity contribution is 0.0535. The molecule has 6 heteroatoms. The van der Waals surface area contributed by atoms with Gasteiger partial charge in [-0.1, -0.05) is 19.1 Å². The number of hydrogen-bond acceptors (Lipinski definition) is 3. The minimum atomic E-state index is 0.0261. The second-order valence-electron chi connectivity index (χ2n) is 8.09. The molecular weight excluding hydrogens is 390 g/mol. The van der Waals surface area contributed by atoms with Crippen molar-refractivity contribution in [3.05, 3.63) is 82.6 Å². The van der Waals surface area contributed by atoms with Crippen molar-refractivity contribution in [1.82, 2.24) is 14.4 Å². The maximum absolute atomic E-state index is 13.2. The van der Waals surface area contributed by atoms with E-state index in [-0.39, 0.29) is 11.8 Å².